The van der Waals surface area contributed by atoms with E-state index in [1.807, 2.05) is 6.92 Å². The van der Waals surface area contributed by atoms with Crippen LogP contribution < -0.4 is 5.73 Å². The average Bonchev–Trinajstić information content (AvgIpc) is 2.17. The lowest BCUT2D eigenvalue weighted by molar-refractivity contribution is 0.177. The Balaban J connectivity index is 1.89. The van der Waals surface area contributed by atoms with E-state index in [-0.39, 0.29) is 5.17 Å². The second-order valence-corrected chi connectivity index (χ2v) is 7.20. The average molecular weight is 273 g/mol. The Hall–Kier alpha value is -0.160. The number of amidine groups is 1. The maximum atomic E-state index is 7.31. The second-order valence-electron chi connectivity index (χ2n) is 4.75. The zero-order valence-corrected chi connectivity index (χ0v) is 12.1. The van der Waals surface area contributed by atoms with E-state index in [1.165, 1.54) is 43.9 Å². The molecular weight excluding hydrogens is 250 g/mol. The Morgan fingerprint density at radius 3 is 2.35 bits per heavy atom. The van der Waals surface area contributed by atoms with Gasteiger partial charge in [0, 0.05) is 5.75 Å². The Kier molecular flexibility index (Phi) is 7.04. The molecule has 0 aromatic rings. The number of hydrogen-bond donors (Lipinski definition) is 3. The third-order valence-electron chi connectivity index (χ3n) is 3.19. The highest BCUT2D eigenvalue weighted by molar-refractivity contribution is 8.13. The normalized spacial score (nSPS) is 23.1. The molecule has 0 amide bonds. The summed E-state index contributed by atoms with van der Waals surface area (Å²) in [4.78, 5) is 0. The summed E-state index contributed by atoms with van der Waals surface area (Å²) in [6, 6.07) is 0. The van der Waals surface area contributed by atoms with Crippen LogP contribution in [0.1, 0.15) is 39.0 Å². The van der Waals surface area contributed by atoms with Gasteiger partial charge in [0.1, 0.15) is 0 Å². The van der Waals surface area contributed by atoms with Crippen LogP contribution in [0.2, 0.25) is 0 Å². The molecule has 5 heteroatoms. The van der Waals surface area contributed by atoms with Gasteiger partial charge >= 0.3 is 0 Å². The summed E-state index contributed by atoms with van der Waals surface area (Å²) < 4.78 is 0. The van der Waals surface area contributed by atoms with E-state index in [4.69, 9.17) is 16.6 Å². The van der Waals surface area contributed by atoms with Gasteiger partial charge in [0.25, 0.3) is 0 Å². The monoisotopic (exact) mass is 273 g/mol. The van der Waals surface area contributed by atoms with Gasteiger partial charge in [-0.15, -0.1) is 11.8 Å². The number of rotatable bonds is 7. The molecule has 1 aliphatic rings. The predicted octanol–water partition coefficient (Wildman–Crippen LogP) is 3.54. The van der Waals surface area contributed by atoms with Crippen molar-refractivity contribution in [3.8, 4) is 0 Å². The molecule has 3 nitrogen and oxygen atoms in total. The summed E-state index contributed by atoms with van der Waals surface area (Å²) >= 11 is 3.14. The van der Waals surface area contributed by atoms with E-state index in [1.54, 1.807) is 11.8 Å². The first-order chi connectivity index (χ1) is 8.08. The van der Waals surface area contributed by atoms with Crippen LogP contribution in [0.4, 0.5) is 0 Å². The summed E-state index contributed by atoms with van der Waals surface area (Å²) in [7, 11) is 0. The summed E-state index contributed by atoms with van der Waals surface area (Å²) in [5, 5.41) is 15.4. The third kappa shape index (κ3) is 6.99. The van der Waals surface area contributed by atoms with E-state index in [0.717, 1.165) is 28.4 Å². The highest BCUT2D eigenvalue weighted by Crippen LogP contribution is 2.39. The van der Waals surface area contributed by atoms with E-state index in [0.29, 0.717) is 0 Å². The molecule has 1 rings (SSSR count). The largest absolute Gasteiger partial charge is 0.379 e. The van der Waals surface area contributed by atoms with Crippen molar-refractivity contribution in [2.24, 2.45) is 17.6 Å². The quantitative estimate of drug-likeness (QED) is 0.377. The van der Waals surface area contributed by atoms with Crippen LogP contribution in [0.25, 0.3) is 0 Å². The molecule has 0 aliphatic heterocycles. The lowest BCUT2D eigenvalue weighted by Crippen LogP contribution is -2.24. The fourth-order valence-corrected chi connectivity index (χ4v) is 3.57. The number of thioether (sulfide) groups is 2. The molecule has 0 atom stereocenters. The fourth-order valence-electron chi connectivity index (χ4n) is 2.28. The number of nitrogens with two attached hydrogens (primary N) is 1. The molecule has 0 aromatic heterocycles. The summed E-state index contributed by atoms with van der Waals surface area (Å²) in [5.74, 6) is 3.92. The van der Waals surface area contributed by atoms with Gasteiger partial charge in [-0.2, -0.15) is 0 Å². The Morgan fingerprint density at radius 1 is 1.12 bits per heavy atom. The molecule has 1 aliphatic carbocycles. The van der Waals surface area contributed by atoms with Crippen LogP contribution in [-0.2, 0) is 0 Å². The highest BCUT2D eigenvalue weighted by atomic mass is 32.2. The van der Waals surface area contributed by atoms with E-state index < -0.39 is 0 Å². The van der Waals surface area contributed by atoms with Crippen molar-refractivity contribution in [2.45, 2.75) is 39.0 Å². The second kappa shape index (κ2) is 8.03. The van der Waals surface area contributed by atoms with Crippen LogP contribution in [0.15, 0.2) is 0 Å². The molecule has 0 saturated heterocycles. The lowest BCUT2D eigenvalue weighted by Gasteiger charge is -2.35. The van der Waals surface area contributed by atoms with Crippen molar-refractivity contribution in [1.29, 1.82) is 10.8 Å². The van der Waals surface area contributed by atoms with Crippen LogP contribution >= 0.6 is 23.5 Å². The van der Waals surface area contributed by atoms with Crippen LogP contribution in [0.3, 0.4) is 0 Å². The van der Waals surface area contributed by atoms with Gasteiger partial charge in [-0.25, -0.2) is 0 Å². The summed E-state index contributed by atoms with van der Waals surface area (Å²) in [5.41, 5.74) is 5.30. The summed E-state index contributed by atoms with van der Waals surface area (Å²) in [6.07, 6.45) is 6.53. The minimum atomic E-state index is 0.250. The van der Waals surface area contributed by atoms with Gasteiger partial charge in [-0.3, -0.25) is 10.8 Å². The zero-order chi connectivity index (χ0) is 12.7. The molecular formula is C12H23N3S2. The van der Waals surface area contributed by atoms with Crippen molar-refractivity contribution in [3.05, 3.63) is 0 Å². The molecule has 0 bridgehead atoms. The number of hydrogen-bond acceptors (Lipinski definition) is 4. The standard InChI is InChI=1S/C12H23N3S2/c1-9(13)16-5-2-3-10-7-11(8-10)4-6-17-12(14)15/h10-11,13H,2-8H2,1H3,(H3,14,15)/t10-,11+. The molecule has 0 unspecified atom stereocenters. The van der Waals surface area contributed by atoms with Crippen molar-refractivity contribution in [2.75, 3.05) is 11.5 Å². The Morgan fingerprint density at radius 2 is 1.76 bits per heavy atom. The molecule has 98 valence electrons. The first-order valence-corrected chi connectivity index (χ1v) is 8.19. The molecule has 0 aromatic carbocycles. The Bertz CT molecular complexity index is 262. The molecule has 0 heterocycles. The van der Waals surface area contributed by atoms with E-state index >= 15 is 0 Å². The molecule has 17 heavy (non-hydrogen) atoms. The minimum absolute atomic E-state index is 0.250. The van der Waals surface area contributed by atoms with Crippen LogP contribution in [0, 0.1) is 22.7 Å². The summed E-state index contributed by atoms with van der Waals surface area (Å²) in [6.45, 7) is 1.86. The van der Waals surface area contributed by atoms with Crippen molar-refractivity contribution in [1.82, 2.24) is 0 Å². The highest BCUT2D eigenvalue weighted by Gasteiger charge is 2.27. The van der Waals surface area contributed by atoms with Gasteiger partial charge in [-0.05, 0) is 56.6 Å². The van der Waals surface area contributed by atoms with Crippen LogP contribution in [0.5, 0.6) is 0 Å². The van der Waals surface area contributed by atoms with E-state index in [2.05, 4.69) is 0 Å². The SMILES string of the molecule is CC(=N)SCCC[C@H]1C[C@@H](CCSC(=N)N)C1. The van der Waals surface area contributed by atoms with Crippen molar-refractivity contribution in [3.63, 3.8) is 0 Å². The maximum absolute atomic E-state index is 7.31. The van der Waals surface area contributed by atoms with Gasteiger partial charge in [0.05, 0.1) is 5.04 Å². The van der Waals surface area contributed by atoms with Gasteiger partial charge in [0.2, 0.25) is 0 Å². The van der Waals surface area contributed by atoms with Gasteiger partial charge < -0.3 is 5.73 Å². The molecule has 1 fully saturated rings. The Labute approximate surface area is 113 Å². The van der Waals surface area contributed by atoms with E-state index in [9.17, 15) is 0 Å². The lowest BCUT2D eigenvalue weighted by atomic mass is 9.72. The van der Waals surface area contributed by atoms with Crippen LogP contribution in [-0.4, -0.2) is 21.7 Å². The molecule has 1 saturated carbocycles. The van der Waals surface area contributed by atoms with Gasteiger partial charge in [0.15, 0.2) is 5.17 Å². The molecule has 4 N–H and O–H groups in total. The molecule has 0 radical (unpaired) electrons. The predicted molar refractivity (Wildman–Crippen MR) is 80.3 cm³/mol. The van der Waals surface area contributed by atoms with Crippen molar-refractivity contribution >= 4 is 33.7 Å². The maximum Gasteiger partial charge on any atom is 0.151 e. The fraction of sp³-hybridized carbons (Fsp3) is 0.833. The van der Waals surface area contributed by atoms with Crippen molar-refractivity contribution < 1.29 is 0 Å². The number of nitrogens with one attached hydrogen (secondary N) is 2. The van der Waals surface area contributed by atoms with Gasteiger partial charge in [-0.1, -0.05) is 11.8 Å². The zero-order valence-electron chi connectivity index (χ0n) is 10.5. The first kappa shape index (κ1) is 14.9. The first-order valence-electron chi connectivity index (χ1n) is 6.22. The smallest absolute Gasteiger partial charge is 0.151 e. The minimum Gasteiger partial charge on any atom is -0.379 e. The third-order valence-corrected chi connectivity index (χ3v) is 4.87. The molecule has 0 spiro atoms. The topological polar surface area (TPSA) is 73.7 Å².